The molecule has 144 valence electrons. The summed E-state index contributed by atoms with van der Waals surface area (Å²) < 4.78 is 10.7. The third-order valence-corrected chi connectivity index (χ3v) is 4.11. The molecule has 3 aromatic rings. The van der Waals surface area contributed by atoms with E-state index in [1.807, 2.05) is 42.5 Å². The van der Waals surface area contributed by atoms with Crippen molar-refractivity contribution in [2.75, 3.05) is 11.9 Å². The first-order chi connectivity index (χ1) is 13.6. The highest BCUT2D eigenvalue weighted by Gasteiger charge is 2.17. The summed E-state index contributed by atoms with van der Waals surface area (Å²) in [5.74, 6) is 0.617. The maximum atomic E-state index is 12.1. The fourth-order valence-corrected chi connectivity index (χ4v) is 2.74. The van der Waals surface area contributed by atoms with Gasteiger partial charge in [0.1, 0.15) is 17.1 Å². The molecule has 0 spiro atoms. The molecular weight excluding hydrogens is 356 g/mol. The van der Waals surface area contributed by atoms with E-state index in [1.54, 1.807) is 32.0 Å². The van der Waals surface area contributed by atoms with Gasteiger partial charge in [-0.3, -0.25) is 0 Å². The molecule has 0 fully saturated rings. The standard InChI is InChI=1S/C22H22N2O4/c1-3-27-21(25)19-13-20(28-15(19)2)17-10-7-11-18(12-17)24-22(26)23-14-16-8-5-4-6-9-16/h4-13H,3,14H2,1-2H3,(H2,23,24,26). The van der Waals surface area contributed by atoms with Crippen molar-refractivity contribution >= 4 is 17.7 Å². The van der Waals surface area contributed by atoms with Gasteiger partial charge in [-0.15, -0.1) is 0 Å². The van der Waals surface area contributed by atoms with Crippen molar-refractivity contribution in [3.8, 4) is 11.3 Å². The normalized spacial score (nSPS) is 10.4. The Bertz CT molecular complexity index is 964. The highest BCUT2D eigenvalue weighted by molar-refractivity contribution is 5.92. The Morgan fingerprint density at radius 3 is 2.57 bits per heavy atom. The first-order valence-corrected chi connectivity index (χ1v) is 9.03. The van der Waals surface area contributed by atoms with E-state index in [0.29, 0.717) is 35.9 Å². The lowest BCUT2D eigenvalue weighted by molar-refractivity contribution is 0.0524. The van der Waals surface area contributed by atoms with Crippen LogP contribution in [0.3, 0.4) is 0 Å². The van der Waals surface area contributed by atoms with Crippen LogP contribution in [0.15, 0.2) is 65.1 Å². The van der Waals surface area contributed by atoms with Crippen LogP contribution in [0.1, 0.15) is 28.6 Å². The van der Waals surface area contributed by atoms with E-state index in [4.69, 9.17) is 9.15 Å². The first-order valence-electron chi connectivity index (χ1n) is 9.03. The molecule has 2 N–H and O–H groups in total. The highest BCUT2D eigenvalue weighted by Crippen LogP contribution is 2.27. The monoisotopic (exact) mass is 378 g/mol. The van der Waals surface area contributed by atoms with E-state index >= 15 is 0 Å². The summed E-state index contributed by atoms with van der Waals surface area (Å²) in [6.45, 7) is 4.21. The van der Waals surface area contributed by atoms with Gasteiger partial charge in [0.15, 0.2) is 0 Å². The van der Waals surface area contributed by atoms with Crippen LogP contribution in [0.25, 0.3) is 11.3 Å². The average molecular weight is 378 g/mol. The van der Waals surface area contributed by atoms with Gasteiger partial charge in [-0.05, 0) is 37.6 Å². The summed E-state index contributed by atoms with van der Waals surface area (Å²) in [4.78, 5) is 24.1. The summed E-state index contributed by atoms with van der Waals surface area (Å²) in [5.41, 5.74) is 2.79. The van der Waals surface area contributed by atoms with Crippen LogP contribution in [0.5, 0.6) is 0 Å². The van der Waals surface area contributed by atoms with Gasteiger partial charge in [-0.2, -0.15) is 0 Å². The van der Waals surface area contributed by atoms with Gasteiger partial charge in [-0.1, -0.05) is 42.5 Å². The average Bonchev–Trinajstić information content (AvgIpc) is 3.09. The number of benzene rings is 2. The number of urea groups is 1. The van der Waals surface area contributed by atoms with E-state index in [2.05, 4.69) is 10.6 Å². The van der Waals surface area contributed by atoms with E-state index < -0.39 is 5.97 Å². The van der Waals surface area contributed by atoms with Crippen molar-refractivity contribution < 1.29 is 18.7 Å². The Hall–Kier alpha value is -3.54. The lowest BCUT2D eigenvalue weighted by atomic mass is 10.1. The van der Waals surface area contributed by atoms with Gasteiger partial charge in [0.05, 0.1) is 6.61 Å². The second-order valence-corrected chi connectivity index (χ2v) is 6.18. The van der Waals surface area contributed by atoms with E-state index in [9.17, 15) is 9.59 Å². The number of nitrogens with one attached hydrogen (secondary N) is 2. The zero-order chi connectivity index (χ0) is 19.9. The molecule has 6 heteroatoms. The van der Waals surface area contributed by atoms with Crippen molar-refractivity contribution in [2.24, 2.45) is 0 Å². The molecule has 0 saturated heterocycles. The number of carbonyl (C=O) groups excluding carboxylic acids is 2. The Morgan fingerprint density at radius 2 is 1.82 bits per heavy atom. The molecule has 28 heavy (non-hydrogen) atoms. The Balaban J connectivity index is 1.68. The number of hydrogen-bond donors (Lipinski definition) is 2. The maximum absolute atomic E-state index is 12.1. The van der Waals surface area contributed by atoms with Crippen LogP contribution in [0.4, 0.5) is 10.5 Å². The Labute approximate surface area is 163 Å². The lowest BCUT2D eigenvalue weighted by Crippen LogP contribution is -2.28. The van der Waals surface area contributed by atoms with E-state index in [0.717, 1.165) is 11.1 Å². The molecule has 0 unspecified atom stereocenters. The molecule has 0 atom stereocenters. The molecule has 1 aromatic heterocycles. The van der Waals surface area contributed by atoms with Gasteiger partial charge in [0.25, 0.3) is 0 Å². The zero-order valence-corrected chi connectivity index (χ0v) is 15.8. The number of ether oxygens (including phenoxy) is 1. The molecule has 0 aliphatic carbocycles. The molecule has 2 amide bonds. The number of rotatable bonds is 6. The van der Waals surface area contributed by atoms with Crippen molar-refractivity contribution in [3.05, 3.63) is 77.6 Å². The van der Waals surface area contributed by atoms with Crippen LogP contribution in [0, 0.1) is 6.92 Å². The van der Waals surface area contributed by atoms with Gasteiger partial charge < -0.3 is 19.8 Å². The summed E-state index contributed by atoms with van der Waals surface area (Å²) in [7, 11) is 0. The van der Waals surface area contributed by atoms with Crippen molar-refractivity contribution in [3.63, 3.8) is 0 Å². The van der Waals surface area contributed by atoms with Crippen molar-refractivity contribution in [2.45, 2.75) is 20.4 Å². The third kappa shape index (κ3) is 4.79. The van der Waals surface area contributed by atoms with Gasteiger partial charge >= 0.3 is 12.0 Å². The minimum atomic E-state index is -0.412. The second-order valence-electron chi connectivity index (χ2n) is 6.18. The number of aryl methyl sites for hydroxylation is 1. The molecule has 3 rings (SSSR count). The van der Waals surface area contributed by atoms with Crippen LogP contribution in [-0.4, -0.2) is 18.6 Å². The summed E-state index contributed by atoms with van der Waals surface area (Å²) in [6.07, 6.45) is 0. The van der Waals surface area contributed by atoms with Gasteiger partial charge in [0, 0.05) is 17.8 Å². The topological polar surface area (TPSA) is 80.6 Å². The summed E-state index contributed by atoms with van der Waals surface area (Å²) in [5, 5.41) is 5.62. The number of hydrogen-bond acceptors (Lipinski definition) is 4. The summed E-state index contributed by atoms with van der Waals surface area (Å²) >= 11 is 0. The molecule has 0 radical (unpaired) electrons. The molecular formula is C22H22N2O4. The molecule has 0 saturated carbocycles. The first kappa shape index (κ1) is 19.2. The van der Waals surface area contributed by atoms with Crippen molar-refractivity contribution in [1.82, 2.24) is 5.32 Å². The Morgan fingerprint density at radius 1 is 1.04 bits per heavy atom. The maximum Gasteiger partial charge on any atom is 0.341 e. The van der Waals surface area contributed by atoms with Crippen molar-refractivity contribution in [1.29, 1.82) is 0 Å². The highest BCUT2D eigenvalue weighted by atomic mass is 16.5. The van der Waals surface area contributed by atoms with Crippen LogP contribution in [0.2, 0.25) is 0 Å². The zero-order valence-electron chi connectivity index (χ0n) is 15.8. The summed E-state index contributed by atoms with van der Waals surface area (Å²) in [6, 6.07) is 18.3. The quantitative estimate of drug-likeness (QED) is 0.607. The molecule has 0 aliphatic heterocycles. The molecule has 0 bridgehead atoms. The fraction of sp³-hybridized carbons (Fsp3) is 0.182. The van der Waals surface area contributed by atoms with Crippen LogP contribution in [-0.2, 0) is 11.3 Å². The number of carbonyl (C=O) groups is 2. The Kier molecular flexibility index (Phi) is 6.11. The second kappa shape index (κ2) is 8.90. The molecule has 1 heterocycles. The van der Waals surface area contributed by atoms with Gasteiger partial charge in [0.2, 0.25) is 0 Å². The van der Waals surface area contributed by atoms with Gasteiger partial charge in [-0.25, -0.2) is 9.59 Å². The largest absolute Gasteiger partial charge is 0.462 e. The minimum absolute atomic E-state index is 0.302. The number of anilines is 1. The smallest absolute Gasteiger partial charge is 0.341 e. The SMILES string of the molecule is CCOC(=O)c1cc(-c2cccc(NC(=O)NCc3ccccc3)c2)oc1C. The van der Waals surface area contributed by atoms with Crippen LogP contribution < -0.4 is 10.6 Å². The lowest BCUT2D eigenvalue weighted by Gasteiger charge is -2.08. The fourth-order valence-electron chi connectivity index (χ4n) is 2.74. The predicted molar refractivity (Wildman–Crippen MR) is 107 cm³/mol. The van der Waals surface area contributed by atoms with Crippen LogP contribution >= 0.6 is 0 Å². The molecule has 2 aromatic carbocycles. The third-order valence-electron chi connectivity index (χ3n) is 4.11. The number of amides is 2. The number of furan rings is 1. The molecule has 6 nitrogen and oxygen atoms in total. The van der Waals surface area contributed by atoms with E-state index in [-0.39, 0.29) is 6.03 Å². The molecule has 0 aliphatic rings. The minimum Gasteiger partial charge on any atom is -0.462 e. The predicted octanol–water partition coefficient (Wildman–Crippen LogP) is 4.75. The van der Waals surface area contributed by atoms with E-state index in [1.165, 1.54) is 0 Å². The number of esters is 1.